The topological polar surface area (TPSA) is 151 Å². The summed E-state index contributed by atoms with van der Waals surface area (Å²) in [7, 11) is 4.55. The Hall–Kier alpha value is -3.68. The molecule has 128 valence electrons. The molecule has 0 bridgehead atoms. The minimum Gasteiger partial charge on any atom is -0.493 e. The Kier molecular flexibility index (Phi) is 5.83. The van der Waals surface area contributed by atoms with Crippen LogP contribution in [0.3, 0.4) is 0 Å². The SMILES string of the molecule is COc1cc(Cc2cnc(N=[N+]=[N-])nc2N=[N+]=[N-])cc(OC)c1OC. The third-order valence-corrected chi connectivity index (χ3v) is 3.22. The van der Waals surface area contributed by atoms with Crippen molar-refractivity contribution in [3.63, 3.8) is 0 Å². The zero-order valence-electron chi connectivity index (χ0n) is 13.7. The Labute approximate surface area is 142 Å². The second-order valence-corrected chi connectivity index (χ2v) is 4.61. The molecule has 1 aromatic heterocycles. The highest BCUT2D eigenvalue weighted by Gasteiger charge is 2.15. The summed E-state index contributed by atoms with van der Waals surface area (Å²) in [5.41, 5.74) is 18.5. The van der Waals surface area contributed by atoms with Gasteiger partial charge in [-0.3, -0.25) is 0 Å². The molecule has 0 N–H and O–H groups in total. The Bertz CT molecular complexity index is 847. The summed E-state index contributed by atoms with van der Waals surface area (Å²) in [4.78, 5) is 13.2. The average Bonchev–Trinajstić information content (AvgIpc) is 2.63. The van der Waals surface area contributed by atoms with Crippen LogP contribution in [0, 0.1) is 0 Å². The summed E-state index contributed by atoms with van der Waals surface area (Å²) in [6.45, 7) is 0. The van der Waals surface area contributed by atoms with Crippen molar-refractivity contribution in [2.45, 2.75) is 6.42 Å². The van der Waals surface area contributed by atoms with E-state index in [1.54, 1.807) is 12.1 Å². The lowest BCUT2D eigenvalue weighted by atomic mass is 10.1. The van der Waals surface area contributed by atoms with Crippen molar-refractivity contribution in [1.29, 1.82) is 0 Å². The third kappa shape index (κ3) is 3.99. The largest absolute Gasteiger partial charge is 0.493 e. The molecule has 0 spiro atoms. The molecule has 0 fully saturated rings. The maximum Gasteiger partial charge on any atom is 0.216 e. The molecule has 0 saturated heterocycles. The molecule has 11 nitrogen and oxygen atoms in total. The number of azide groups is 2. The van der Waals surface area contributed by atoms with Gasteiger partial charge in [0.1, 0.15) is 5.82 Å². The van der Waals surface area contributed by atoms with Crippen molar-refractivity contribution in [3.05, 3.63) is 50.3 Å². The van der Waals surface area contributed by atoms with E-state index in [2.05, 4.69) is 30.0 Å². The van der Waals surface area contributed by atoms with Gasteiger partial charge in [0.2, 0.25) is 11.7 Å². The summed E-state index contributed by atoms with van der Waals surface area (Å²) in [6.07, 6.45) is 1.77. The molecular weight excluding hydrogens is 328 g/mol. The van der Waals surface area contributed by atoms with Gasteiger partial charge in [0, 0.05) is 28.0 Å². The number of rotatable bonds is 7. The number of ether oxygens (including phenoxy) is 3. The molecular formula is C14H14N8O3. The van der Waals surface area contributed by atoms with E-state index in [1.807, 2.05) is 0 Å². The first-order valence-electron chi connectivity index (χ1n) is 6.91. The van der Waals surface area contributed by atoms with Crippen LogP contribution in [-0.4, -0.2) is 31.3 Å². The highest BCUT2D eigenvalue weighted by Crippen LogP contribution is 2.39. The van der Waals surface area contributed by atoms with E-state index in [1.165, 1.54) is 27.5 Å². The lowest BCUT2D eigenvalue weighted by molar-refractivity contribution is 0.324. The molecule has 0 aliphatic heterocycles. The van der Waals surface area contributed by atoms with Gasteiger partial charge in [0.05, 0.1) is 21.3 Å². The van der Waals surface area contributed by atoms with Crippen molar-refractivity contribution in [2.75, 3.05) is 21.3 Å². The first-order valence-corrected chi connectivity index (χ1v) is 6.91. The normalized spacial score (nSPS) is 9.56. The van der Waals surface area contributed by atoms with Crippen LogP contribution in [0.15, 0.2) is 28.6 Å². The quantitative estimate of drug-likeness (QED) is 0.423. The van der Waals surface area contributed by atoms with Crippen LogP contribution in [-0.2, 0) is 6.42 Å². The molecule has 0 radical (unpaired) electrons. The van der Waals surface area contributed by atoms with Crippen molar-refractivity contribution < 1.29 is 14.2 Å². The third-order valence-electron chi connectivity index (χ3n) is 3.22. The number of benzene rings is 1. The zero-order valence-corrected chi connectivity index (χ0v) is 13.7. The first-order chi connectivity index (χ1) is 12.2. The van der Waals surface area contributed by atoms with E-state index >= 15 is 0 Å². The summed E-state index contributed by atoms with van der Waals surface area (Å²) in [5, 5.41) is 6.82. The molecule has 0 aliphatic rings. The molecule has 1 aromatic carbocycles. The monoisotopic (exact) mass is 342 g/mol. The lowest BCUT2D eigenvalue weighted by Crippen LogP contribution is -1.98. The van der Waals surface area contributed by atoms with Gasteiger partial charge < -0.3 is 14.2 Å². The van der Waals surface area contributed by atoms with Crippen molar-refractivity contribution in [3.8, 4) is 17.2 Å². The Balaban J connectivity index is 2.48. The van der Waals surface area contributed by atoms with E-state index in [0.29, 0.717) is 29.2 Å². The minimum atomic E-state index is -0.126. The fourth-order valence-electron chi connectivity index (χ4n) is 2.19. The molecule has 25 heavy (non-hydrogen) atoms. The number of hydrogen-bond acceptors (Lipinski definition) is 7. The van der Waals surface area contributed by atoms with Crippen molar-refractivity contribution >= 4 is 11.8 Å². The predicted molar refractivity (Wildman–Crippen MR) is 88.5 cm³/mol. The molecule has 0 unspecified atom stereocenters. The zero-order chi connectivity index (χ0) is 18.2. The second kappa shape index (κ2) is 8.25. The van der Waals surface area contributed by atoms with E-state index < -0.39 is 0 Å². The van der Waals surface area contributed by atoms with Crippen LogP contribution in [0.2, 0.25) is 0 Å². The van der Waals surface area contributed by atoms with Crippen molar-refractivity contribution in [2.24, 2.45) is 10.2 Å². The van der Waals surface area contributed by atoms with Gasteiger partial charge in [0.25, 0.3) is 0 Å². The van der Waals surface area contributed by atoms with Gasteiger partial charge in [-0.25, -0.2) is 9.97 Å². The number of nitrogens with zero attached hydrogens (tertiary/aromatic N) is 8. The van der Waals surface area contributed by atoms with E-state index in [4.69, 9.17) is 25.3 Å². The molecule has 0 atom stereocenters. The van der Waals surface area contributed by atoms with Gasteiger partial charge >= 0.3 is 0 Å². The maximum atomic E-state index is 8.70. The summed E-state index contributed by atoms with van der Waals surface area (Å²) < 4.78 is 15.9. The molecule has 2 rings (SSSR count). The highest BCUT2D eigenvalue weighted by atomic mass is 16.5. The number of hydrogen-bond donors (Lipinski definition) is 0. The number of methoxy groups -OCH3 is 3. The summed E-state index contributed by atoms with van der Waals surface area (Å²) in [5.74, 6) is 1.41. The number of aromatic nitrogens is 2. The molecule has 0 amide bonds. The highest BCUT2D eigenvalue weighted by molar-refractivity contribution is 5.55. The molecule has 0 saturated carbocycles. The summed E-state index contributed by atoms with van der Waals surface area (Å²) in [6, 6.07) is 3.53. The molecule has 2 aromatic rings. The van der Waals surface area contributed by atoms with Crippen LogP contribution in [0.5, 0.6) is 17.2 Å². The standard InChI is InChI=1S/C14H14N8O3/c1-23-10-5-8(6-11(24-2)12(10)25-3)4-9-7-17-14(20-22-16)18-13(9)19-21-15/h5-7H,4H2,1-3H3. The van der Waals surface area contributed by atoms with E-state index in [9.17, 15) is 0 Å². The van der Waals surface area contributed by atoms with Crippen molar-refractivity contribution in [1.82, 2.24) is 9.97 Å². The fraction of sp³-hybridized carbons (Fsp3) is 0.286. The smallest absolute Gasteiger partial charge is 0.216 e. The fourth-order valence-corrected chi connectivity index (χ4v) is 2.19. The van der Waals surface area contributed by atoms with Crippen LogP contribution in [0.4, 0.5) is 11.8 Å². The van der Waals surface area contributed by atoms with Gasteiger partial charge in [0.15, 0.2) is 11.5 Å². The lowest BCUT2D eigenvalue weighted by Gasteiger charge is -2.14. The average molecular weight is 342 g/mol. The minimum absolute atomic E-state index is 0.0775. The van der Waals surface area contributed by atoms with Gasteiger partial charge in [-0.05, 0) is 39.0 Å². The Morgan fingerprint density at radius 1 is 1.00 bits per heavy atom. The summed E-state index contributed by atoms with van der Waals surface area (Å²) >= 11 is 0. The van der Waals surface area contributed by atoms with Gasteiger partial charge in [-0.1, -0.05) is 0 Å². The van der Waals surface area contributed by atoms with E-state index in [-0.39, 0.29) is 11.8 Å². The van der Waals surface area contributed by atoms with Crippen LogP contribution < -0.4 is 14.2 Å². The molecule has 1 heterocycles. The van der Waals surface area contributed by atoms with Crippen LogP contribution in [0.1, 0.15) is 11.1 Å². The van der Waals surface area contributed by atoms with Crippen LogP contribution >= 0.6 is 0 Å². The second-order valence-electron chi connectivity index (χ2n) is 4.61. The van der Waals surface area contributed by atoms with Gasteiger partial charge in [-0.15, -0.1) is 0 Å². The van der Waals surface area contributed by atoms with Gasteiger partial charge in [-0.2, -0.15) is 0 Å². The molecule has 11 heteroatoms. The van der Waals surface area contributed by atoms with Crippen LogP contribution in [0.25, 0.3) is 20.9 Å². The first kappa shape index (κ1) is 17.7. The Morgan fingerprint density at radius 2 is 1.64 bits per heavy atom. The molecule has 0 aliphatic carbocycles. The Morgan fingerprint density at radius 3 is 2.16 bits per heavy atom. The van der Waals surface area contributed by atoms with E-state index in [0.717, 1.165) is 5.56 Å². The maximum absolute atomic E-state index is 8.70. The predicted octanol–water partition coefficient (Wildman–Crippen LogP) is 3.98.